The third kappa shape index (κ3) is 4.94. The number of aromatic nitrogens is 1. The molecule has 1 aromatic carbocycles. The summed E-state index contributed by atoms with van der Waals surface area (Å²) in [6.45, 7) is 5.40. The van der Waals surface area contributed by atoms with Crippen molar-refractivity contribution >= 4 is 17.4 Å². The van der Waals surface area contributed by atoms with Gasteiger partial charge >= 0.3 is 0 Å². The van der Waals surface area contributed by atoms with Crippen LogP contribution in [-0.2, 0) is 11.3 Å². The number of pyridine rings is 1. The highest BCUT2D eigenvalue weighted by Gasteiger charge is 2.23. The molecule has 3 rings (SSSR count). The van der Waals surface area contributed by atoms with Crippen molar-refractivity contribution in [3.05, 3.63) is 71.2 Å². The fourth-order valence-corrected chi connectivity index (χ4v) is 3.08. The van der Waals surface area contributed by atoms with Gasteiger partial charge in [0.1, 0.15) is 5.84 Å². The summed E-state index contributed by atoms with van der Waals surface area (Å²) in [7, 11) is 0. The average Bonchev–Trinajstić information content (AvgIpc) is 2.67. The number of rotatable bonds is 5. The van der Waals surface area contributed by atoms with E-state index < -0.39 is 0 Å². The highest BCUT2D eigenvalue weighted by molar-refractivity contribution is 6.00. The molecule has 27 heavy (non-hydrogen) atoms. The van der Waals surface area contributed by atoms with Crippen molar-refractivity contribution in [2.75, 3.05) is 13.1 Å². The molecule has 1 amide bonds. The molecule has 0 spiro atoms. The smallest absolute Gasteiger partial charge is 0.219 e. The minimum atomic E-state index is 0.0437. The minimum absolute atomic E-state index is 0.0437. The molecule has 0 radical (unpaired) electrons. The standard InChI is InChI=1S/C21H25N5O/c1-15-5-3-7-18(11-15)25-21(22)19-14-26(16(2)27)10-8-20(19)24-13-17-6-4-9-23-12-17/h3-7,9,11-12,24H,8,10,13-14H2,1-2H3,(H2,22,25). The Labute approximate surface area is 159 Å². The van der Waals surface area contributed by atoms with E-state index in [-0.39, 0.29) is 5.91 Å². The van der Waals surface area contributed by atoms with Crippen LogP contribution < -0.4 is 11.1 Å². The van der Waals surface area contributed by atoms with Crippen molar-refractivity contribution < 1.29 is 4.79 Å². The van der Waals surface area contributed by atoms with Crippen LogP contribution in [0.1, 0.15) is 24.5 Å². The summed E-state index contributed by atoms with van der Waals surface area (Å²) in [6.07, 6.45) is 4.31. The predicted octanol–water partition coefficient (Wildman–Crippen LogP) is 2.67. The predicted molar refractivity (Wildman–Crippen MR) is 107 cm³/mol. The molecule has 1 aromatic heterocycles. The van der Waals surface area contributed by atoms with Crippen LogP contribution in [-0.4, -0.2) is 34.7 Å². The van der Waals surface area contributed by atoms with Crippen molar-refractivity contribution in [1.82, 2.24) is 15.2 Å². The van der Waals surface area contributed by atoms with E-state index in [9.17, 15) is 4.79 Å². The first-order valence-electron chi connectivity index (χ1n) is 9.04. The van der Waals surface area contributed by atoms with Crippen molar-refractivity contribution in [3.8, 4) is 0 Å². The van der Waals surface area contributed by atoms with E-state index in [1.807, 2.05) is 49.5 Å². The molecule has 0 aliphatic carbocycles. The van der Waals surface area contributed by atoms with Gasteiger partial charge in [0.25, 0.3) is 0 Å². The van der Waals surface area contributed by atoms with Gasteiger partial charge in [-0.25, -0.2) is 4.99 Å². The molecule has 140 valence electrons. The molecule has 0 fully saturated rings. The van der Waals surface area contributed by atoms with Crippen molar-refractivity contribution in [1.29, 1.82) is 0 Å². The van der Waals surface area contributed by atoms with Crippen LogP contribution in [0.25, 0.3) is 0 Å². The number of nitrogens with two attached hydrogens (primary N) is 1. The Balaban J connectivity index is 1.87. The van der Waals surface area contributed by atoms with Gasteiger partial charge in [-0.2, -0.15) is 0 Å². The first-order valence-corrected chi connectivity index (χ1v) is 9.04. The molecule has 0 saturated carbocycles. The quantitative estimate of drug-likeness (QED) is 0.632. The van der Waals surface area contributed by atoms with Gasteiger partial charge in [-0.05, 0) is 36.2 Å². The molecule has 1 aliphatic rings. The lowest BCUT2D eigenvalue weighted by atomic mass is 10.0. The van der Waals surface area contributed by atoms with Crippen LogP contribution in [0.2, 0.25) is 0 Å². The number of aryl methyl sites for hydroxylation is 1. The third-order valence-electron chi connectivity index (χ3n) is 4.58. The molecule has 0 atom stereocenters. The second-order valence-corrected chi connectivity index (χ2v) is 6.70. The van der Waals surface area contributed by atoms with E-state index in [4.69, 9.17) is 5.73 Å². The Hall–Kier alpha value is -3.15. The zero-order valence-corrected chi connectivity index (χ0v) is 15.8. The second kappa shape index (κ2) is 8.49. The second-order valence-electron chi connectivity index (χ2n) is 6.70. The average molecular weight is 363 g/mol. The highest BCUT2D eigenvalue weighted by Crippen LogP contribution is 2.20. The van der Waals surface area contributed by atoms with Gasteiger partial charge in [0.2, 0.25) is 5.91 Å². The maximum absolute atomic E-state index is 11.8. The molecule has 0 bridgehead atoms. The number of nitrogens with zero attached hydrogens (tertiary/aromatic N) is 3. The lowest BCUT2D eigenvalue weighted by Crippen LogP contribution is -2.41. The number of nitrogens with one attached hydrogen (secondary N) is 1. The molecule has 2 aromatic rings. The summed E-state index contributed by atoms with van der Waals surface area (Å²) < 4.78 is 0. The van der Waals surface area contributed by atoms with Crippen LogP contribution in [0.15, 0.2) is 65.1 Å². The number of carbonyl (C=O) groups excluding carboxylic acids is 1. The van der Waals surface area contributed by atoms with Crippen LogP contribution >= 0.6 is 0 Å². The van der Waals surface area contributed by atoms with E-state index in [2.05, 4.69) is 15.3 Å². The van der Waals surface area contributed by atoms with Gasteiger partial charge in [-0.3, -0.25) is 9.78 Å². The number of benzene rings is 1. The fraction of sp³-hybridized carbons (Fsp3) is 0.286. The maximum atomic E-state index is 11.8. The lowest BCUT2D eigenvalue weighted by Gasteiger charge is -2.30. The zero-order valence-electron chi connectivity index (χ0n) is 15.8. The first-order chi connectivity index (χ1) is 13.0. The van der Waals surface area contributed by atoms with Gasteiger partial charge < -0.3 is 16.0 Å². The molecular formula is C21H25N5O. The Morgan fingerprint density at radius 2 is 2.19 bits per heavy atom. The Morgan fingerprint density at radius 3 is 2.89 bits per heavy atom. The number of hydrogen-bond donors (Lipinski definition) is 2. The van der Waals surface area contributed by atoms with Gasteiger partial charge in [-0.1, -0.05) is 18.2 Å². The number of carbonyl (C=O) groups is 1. The van der Waals surface area contributed by atoms with Crippen LogP contribution in [0.3, 0.4) is 0 Å². The largest absolute Gasteiger partial charge is 0.384 e. The summed E-state index contributed by atoms with van der Waals surface area (Å²) in [5.41, 5.74) is 11.3. The molecule has 0 unspecified atom stereocenters. The van der Waals surface area contributed by atoms with E-state index in [1.165, 1.54) is 0 Å². The summed E-state index contributed by atoms with van der Waals surface area (Å²) in [5.74, 6) is 0.488. The molecule has 6 heteroatoms. The molecule has 2 heterocycles. The Morgan fingerprint density at radius 1 is 1.33 bits per heavy atom. The van der Waals surface area contributed by atoms with Crippen molar-refractivity contribution in [2.45, 2.75) is 26.8 Å². The summed E-state index contributed by atoms with van der Waals surface area (Å²) in [5, 5.41) is 3.47. The van der Waals surface area contributed by atoms with Gasteiger partial charge in [0, 0.05) is 50.1 Å². The van der Waals surface area contributed by atoms with Crippen LogP contribution in [0, 0.1) is 6.92 Å². The number of amidine groups is 1. The molecular weight excluding hydrogens is 338 g/mol. The molecule has 0 saturated heterocycles. The van der Waals surface area contributed by atoms with Crippen molar-refractivity contribution in [3.63, 3.8) is 0 Å². The Kier molecular flexibility index (Phi) is 5.86. The van der Waals surface area contributed by atoms with Gasteiger partial charge in [-0.15, -0.1) is 0 Å². The number of hydrogen-bond acceptors (Lipinski definition) is 4. The monoisotopic (exact) mass is 363 g/mol. The summed E-state index contributed by atoms with van der Waals surface area (Å²) in [4.78, 5) is 22.4. The van der Waals surface area contributed by atoms with Gasteiger partial charge in [0.15, 0.2) is 0 Å². The third-order valence-corrected chi connectivity index (χ3v) is 4.58. The SMILES string of the molecule is CC(=O)N1CCC(NCc2cccnc2)=C(C(N)=Nc2cccc(C)c2)C1. The molecule has 6 nitrogen and oxygen atoms in total. The summed E-state index contributed by atoms with van der Waals surface area (Å²) >= 11 is 0. The van der Waals surface area contributed by atoms with Crippen LogP contribution in [0.4, 0.5) is 5.69 Å². The number of amides is 1. The van der Waals surface area contributed by atoms with E-state index in [1.54, 1.807) is 18.0 Å². The maximum Gasteiger partial charge on any atom is 0.219 e. The topological polar surface area (TPSA) is 83.6 Å². The van der Waals surface area contributed by atoms with Gasteiger partial charge in [0.05, 0.1) is 12.2 Å². The highest BCUT2D eigenvalue weighted by atomic mass is 16.2. The van der Waals surface area contributed by atoms with E-state index in [0.717, 1.165) is 34.5 Å². The normalized spacial score (nSPS) is 15.0. The number of aliphatic imine (C=N–C) groups is 1. The molecule has 3 N–H and O–H groups in total. The lowest BCUT2D eigenvalue weighted by molar-refractivity contribution is -0.128. The summed E-state index contributed by atoms with van der Waals surface area (Å²) in [6, 6.07) is 11.8. The minimum Gasteiger partial charge on any atom is -0.384 e. The fourth-order valence-electron chi connectivity index (χ4n) is 3.08. The van der Waals surface area contributed by atoms with E-state index in [0.29, 0.717) is 25.5 Å². The van der Waals surface area contributed by atoms with E-state index >= 15 is 0 Å². The van der Waals surface area contributed by atoms with Crippen LogP contribution in [0.5, 0.6) is 0 Å². The zero-order chi connectivity index (χ0) is 19.2. The first kappa shape index (κ1) is 18.6. The van der Waals surface area contributed by atoms with Crippen molar-refractivity contribution in [2.24, 2.45) is 10.7 Å². The molecule has 1 aliphatic heterocycles. The Bertz CT molecular complexity index is 873.